The second kappa shape index (κ2) is 6.71. The molecule has 2 aliphatic heterocycles. The topological polar surface area (TPSA) is 32.3 Å². The third-order valence-corrected chi connectivity index (χ3v) is 6.45. The second-order valence-electron chi connectivity index (χ2n) is 6.35. The fraction of sp³-hybridized carbons (Fsp3) is 0.688. The van der Waals surface area contributed by atoms with Crippen molar-refractivity contribution >= 4 is 29.0 Å². The van der Waals surface area contributed by atoms with Crippen molar-refractivity contribution in [3.63, 3.8) is 0 Å². The minimum absolute atomic E-state index is 0.0323. The molecule has 3 rings (SSSR count). The summed E-state index contributed by atoms with van der Waals surface area (Å²) in [6, 6.07) is 4.18. The maximum atomic E-state index is 12.8. The summed E-state index contributed by atoms with van der Waals surface area (Å²) in [6.07, 6.45) is 2.58. The highest BCUT2D eigenvalue weighted by Crippen LogP contribution is 2.33. The quantitative estimate of drug-likeness (QED) is 0.922. The fourth-order valence-electron chi connectivity index (χ4n) is 3.20. The van der Waals surface area contributed by atoms with Gasteiger partial charge in [0.1, 0.15) is 6.17 Å². The van der Waals surface area contributed by atoms with Crippen LogP contribution in [0, 0.1) is 11.8 Å². The zero-order valence-electron chi connectivity index (χ0n) is 12.7. The molecule has 0 spiro atoms. The molecule has 2 unspecified atom stereocenters. The van der Waals surface area contributed by atoms with Gasteiger partial charge in [-0.1, -0.05) is 19.9 Å². The number of nitrogens with one attached hydrogen (secondary N) is 1. The Labute approximate surface area is 135 Å². The summed E-state index contributed by atoms with van der Waals surface area (Å²) in [4.78, 5) is 16.2. The van der Waals surface area contributed by atoms with E-state index in [1.54, 1.807) is 11.3 Å². The zero-order valence-corrected chi connectivity index (χ0v) is 14.4. The predicted molar refractivity (Wildman–Crippen MR) is 90.6 cm³/mol. The lowest BCUT2D eigenvalue weighted by atomic mass is 10.0. The van der Waals surface area contributed by atoms with Crippen LogP contribution in [0.4, 0.5) is 0 Å². The van der Waals surface area contributed by atoms with Crippen molar-refractivity contribution in [3.05, 3.63) is 22.4 Å². The van der Waals surface area contributed by atoms with E-state index in [0.717, 1.165) is 6.54 Å². The lowest BCUT2D eigenvalue weighted by Gasteiger charge is -2.30. The van der Waals surface area contributed by atoms with E-state index in [1.807, 2.05) is 11.8 Å². The number of nitrogens with zero attached hydrogens (tertiary/aromatic N) is 1. The molecule has 2 saturated heterocycles. The Morgan fingerprint density at radius 2 is 2.14 bits per heavy atom. The fourth-order valence-corrected chi connectivity index (χ4v) is 5.20. The average Bonchev–Trinajstić information content (AvgIpc) is 3.09. The highest BCUT2D eigenvalue weighted by Gasteiger charge is 2.42. The molecule has 0 aliphatic carbocycles. The maximum Gasteiger partial charge on any atom is 0.241 e. The van der Waals surface area contributed by atoms with Crippen molar-refractivity contribution in [2.45, 2.75) is 38.9 Å². The van der Waals surface area contributed by atoms with Gasteiger partial charge in [-0.2, -0.15) is 11.8 Å². The molecule has 2 atom stereocenters. The first-order chi connectivity index (χ1) is 10.2. The molecule has 0 aromatic carbocycles. The molecule has 1 amide bonds. The first-order valence-electron chi connectivity index (χ1n) is 7.84. The minimum Gasteiger partial charge on any atom is -0.320 e. The molecule has 116 valence electrons. The van der Waals surface area contributed by atoms with E-state index < -0.39 is 0 Å². The van der Waals surface area contributed by atoms with E-state index in [4.69, 9.17) is 0 Å². The van der Waals surface area contributed by atoms with Gasteiger partial charge in [0.25, 0.3) is 0 Å². The van der Waals surface area contributed by atoms with E-state index in [-0.39, 0.29) is 12.2 Å². The number of hydrogen-bond donors (Lipinski definition) is 1. The van der Waals surface area contributed by atoms with Crippen molar-refractivity contribution in [2.24, 2.45) is 11.8 Å². The summed E-state index contributed by atoms with van der Waals surface area (Å²) in [6.45, 7) is 5.17. The van der Waals surface area contributed by atoms with Gasteiger partial charge < -0.3 is 4.90 Å². The normalized spacial score (nSPS) is 27.8. The van der Waals surface area contributed by atoms with E-state index in [0.29, 0.717) is 17.7 Å². The number of hydrogen-bond acceptors (Lipinski definition) is 4. The van der Waals surface area contributed by atoms with Crippen molar-refractivity contribution < 1.29 is 4.79 Å². The van der Waals surface area contributed by atoms with Gasteiger partial charge in [-0.25, -0.2) is 0 Å². The monoisotopic (exact) mass is 324 g/mol. The molecule has 1 aromatic heterocycles. The predicted octanol–water partition coefficient (Wildman–Crippen LogP) is 3.35. The average molecular weight is 325 g/mol. The van der Waals surface area contributed by atoms with Crippen LogP contribution in [0.25, 0.3) is 0 Å². The first-order valence-corrected chi connectivity index (χ1v) is 9.88. The van der Waals surface area contributed by atoms with Crippen LogP contribution >= 0.6 is 23.1 Å². The van der Waals surface area contributed by atoms with Gasteiger partial charge in [-0.3, -0.25) is 10.1 Å². The summed E-state index contributed by atoms with van der Waals surface area (Å²) in [5.41, 5.74) is 0. The minimum atomic E-state index is -0.0323. The summed E-state index contributed by atoms with van der Waals surface area (Å²) < 4.78 is 0. The molecule has 3 nitrogen and oxygen atoms in total. The number of thioether (sulfide) groups is 1. The Balaban J connectivity index is 1.77. The van der Waals surface area contributed by atoms with E-state index in [1.165, 1.54) is 29.2 Å². The molecule has 1 aromatic rings. The van der Waals surface area contributed by atoms with Gasteiger partial charge >= 0.3 is 0 Å². The van der Waals surface area contributed by atoms with Crippen molar-refractivity contribution in [1.82, 2.24) is 10.2 Å². The van der Waals surface area contributed by atoms with Gasteiger partial charge in [-0.15, -0.1) is 11.3 Å². The highest BCUT2D eigenvalue weighted by atomic mass is 32.2. The lowest BCUT2D eigenvalue weighted by molar-refractivity contribution is -0.131. The number of rotatable bonds is 4. The largest absolute Gasteiger partial charge is 0.320 e. The lowest BCUT2D eigenvalue weighted by Crippen LogP contribution is -2.37. The molecule has 1 N–H and O–H groups in total. The van der Waals surface area contributed by atoms with Gasteiger partial charge in [-0.05, 0) is 47.6 Å². The summed E-state index contributed by atoms with van der Waals surface area (Å²) in [7, 11) is 0. The van der Waals surface area contributed by atoms with E-state index in [9.17, 15) is 4.79 Å². The van der Waals surface area contributed by atoms with Crippen LogP contribution in [-0.4, -0.2) is 34.9 Å². The van der Waals surface area contributed by atoms with Crippen LogP contribution in [0.5, 0.6) is 0 Å². The maximum absolute atomic E-state index is 12.8. The number of amides is 1. The summed E-state index contributed by atoms with van der Waals surface area (Å²) >= 11 is 3.79. The second-order valence-corrected chi connectivity index (χ2v) is 8.56. The summed E-state index contributed by atoms with van der Waals surface area (Å²) in [5, 5.41) is 5.66. The van der Waals surface area contributed by atoms with Crippen LogP contribution in [0.1, 0.15) is 37.7 Å². The molecule has 2 aliphatic rings. The Bertz CT molecular complexity index is 469. The molecule has 5 heteroatoms. The third kappa shape index (κ3) is 3.30. The first kappa shape index (κ1) is 15.4. The molecule has 3 heterocycles. The van der Waals surface area contributed by atoms with Crippen molar-refractivity contribution in [3.8, 4) is 0 Å². The smallest absolute Gasteiger partial charge is 0.241 e. The Hall–Kier alpha value is -0.520. The molecule has 21 heavy (non-hydrogen) atoms. The van der Waals surface area contributed by atoms with Crippen LogP contribution in [-0.2, 0) is 4.79 Å². The highest BCUT2D eigenvalue weighted by molar-refractivity contribution is 7.99. The number of carbonyl (C=O) groups is 1. The molecular weight excluding hydrogens is 300 g/mol. The Morgan fingerprint density at radius 3 is 2.76 bits per heavy atom. The standard InChI is InChI=1S/C16H24N2OS2/c1-11(2)14-16(19)18(10-12-5-8-20-9-6-12)15(17-14)13-4-3-7-21-13/h3-4,7,11-12,14-15,17H,5-6,8-10H2,1-2H3. The van der Waals surface area contributed by atoms with Crippen LogP contribution in [0.3, 0.4) is 0 Å². The van der Waals surface area contributed by atoms with Gasteiger partial charge in [0.2, 0.25) is 5.91 Å². The van der Waals surface area contributed by atoms with Crippen LogP contribution in [0.2, 0.25) is 0 Å². The zero-order chi connectivity index (χ0) is 14.8. The molecule has 0 bridgehead atoms. The van der Waals surface area contributed by atoms with Gasteiger partial charge in [0.15, 0.2) is 0 Å². The van der Waals surface area contributed by atoms with Crippen LogP contribution < -0.4 is 5.32 Å². The molecular formula is C16H24N2OS2. The van der Waals surface area contributed by atoms with E-state index in [2.05, 4.69) is 41.6 Å². The van der Waals surface area contributed by atoms with Crippen molar-refractivity contribution in [1.29, 1.82) is 0 Å². The summed E-state index contributed by atoms with van der Waals surface area (Å²) in [5.74, 6) is 3.80. The molecule has 0 radical (unpaired) electrons. The third-order valence-electron chi connectivity index (χ3n) is 4.47. The Kier molecular flexibility index (Phi) is 4.92. The molecule has 2 fully saturated rings. The van der Waals surface area contributed by atoms with Crippen LogP contribution in [0.15, 0.2) is 17.5 Å². The van der Waals surface area contributed by atoms with Gasteiger partial charge in [0, 0.05) is 11.4 Å². The SMILES string of the molecule is CC(C)C1NC(c2cccs2)N(CC2CCSCC2)C1=O. The van der Waals surface area contributed by atoms with Gasteiger partial charge in [0.05, 0.1) is 6.04 Å². The number of carbonyl (C=O) groups excluding carboxylic acids is 1. The Morgan fingerprint density at radius 1 is 1.38 bits per heavy atom. The van der Waals surface area contributed by atoms with Crippen molar-refractivity contribution in [2.75, 3.05) is 18.1 Å². The molecule has 0 saturated carbocycles. The van der Waals surface area contributed by atoms with E-state index >= 15 is 0 Å². The number of thiophene rings is 1.